The second kappa shape index (κ2) is 7.77. The van der Waals surface area contributed by atoms with Gasteiger partial charge in [-0.2, -0.15) is 0 Å². The highest BCUT2D eigenvalue weighted by molar-refractivity contribution is 7.79. The van der Waals surface area contributed by atoms with Gasteiger partial charge in [0.15, 0.2) is 0 Å². The fraction of sp³-hybridized carbons (Fsp3) is 1.00. The first-order valence-electron chi connectivity index (χ1n) is 4.25. The van der Waals surface area contributed by atoms with Gasteiger partial charge < -0.3 is 9.79 Å². The van der Waals surface area contributed by atoms with Crippen LogP contribution in [-0.2, 0) is 18.2 Å². The van der Waals surface area contributed by atoms with E-state index in [2.05, 4.69) is 20.3 Å². The van der Waals surface area contributed by atoms with E-state index < -0.39 is 27.1 Å². The van der Waals surface area contributed by atoms with Crippen LogP contribution in [-0.4, -0.2) is 22.0 Å². The average molecular weight is 301 g/mol. The quantitative estimate of drug-likeness (QED) is 0.774. The Bertz CT molecular complexity index is 256. The summed E-state index contributed by atoms with van der Waals surface area (Å²) in [4.78, 5) is 14.8. The monoisotopic (exact) mass is 300 g/mol. The lowest BCUT2D eigenvalue weighted by molar-refractivity contribution is 0.118. The predicted molar refractivity (Wildman–Crippen MR) is 59.1 cm³/mol. The Hall–Kier alpha value is 0.520. The molecule has 0 bridgehead atoms. The summed E-state index contributed by atoms with van der Waals surface area (Å²) < 4.78 is 41.3. The smallest absolute Gasteiger partial charge is 0.313 e. The van der Waals surface area contributed by atoms with Crippen LogP contribution in [0.4, 0.5) is 4.20 Å². The molecule has 0 atom stereocenters. The minimum atomic E-state index is -4.30. The van der Waals surface area contributed by atoms with Gasteiger partial charge in [0.05, 0.1) is 12.2 Å². The molecule has 10 heteroatoms. The summed E-state index contributed by atoms with van der Waals surface area (Å²) >= 11 is 4.20. The third kappa shape index (κ3) is 24.0. The molecule has 0 aliphatic heterocycles. The van der Waals surface area contributed by atoms with Crippen molar-refractivity contribution in [3.05, 3.63) is 0 Å². The van der Waals surface area contributed by atoms with Crippen LogP contribution in [0.25, 0.3) is 0 Å². The molecule has 2 N–H and O–H groups in total. The van der Waals surface area contributed by atoms with Crippen LogP contribution in [0.3, 0.4) is 0 Å². The lowest BCUT2D eigenvalue weighted by atomic mass is 10.5. The molecular weight excluding hydrogens is 284 g/mol. The SMILES string of the molecule is CC(C)OP(=O)(F)OC(C)C.O=P(O)(O)Cl. The predicted octanol–water partition coefficient (Wildman–Crippen LogP) is 3.23. The molecule has 100 valence electrons. The molecule has 0 unspecified atom stereocenters. The Morgan fingerprint density at radius 2 is 1.25 bits per heavy atom. The molecule has 0 heterocycles. The number of rotatable bonds is 4. The molecule has 0 aliphatic rings. The zero-order valence-electron chi connectivity index (χ0n) is 9.33. The standard InChI is InChI=1S/C6H14FO3P.ClH2O3P/c1-5(2)9-11(7,8)10-6(3)4;1-5(2,3)4/h5-6H,1-4H3;(H2,2,3,4). The molecule has 0 radical (unpaired) electrons. The molecule has 0 amide bonds. The van der Waals surface area contributed by atoms with Gasteiger partial charge in [0, 0.05) is 11.2 Å². The molecule has 0 aromatic carbocycles. The molecule has 0 spiro atoms. The van der Waals surface area contributed by atoms with E-state index >= 15 is 0 Å². The summed E-state index contributed by atoms with van der Waals surface area (Å²) in [5.74, 6) is 0. The van der Waals surface area contributed by atoms with Gasteiger partial charge in [0.1, 0.15) is 0 Å². The van der Waals surface area contributed by atoms with Gasteiger partial charge in [-0.25, -0.2) is 9.13 Å². The first-order chi connectivity index (χ1) is 6.83. The van der Waals surface area contributed by atoms with Crippen molar-refractivity contribution in [3.63, 3.8) is 0 Å². The van der Waals surface area contributed by atoms with E-state index in [-0.39, 0.29) is 0 Å². The molecule has 0 rings (SSSR count). The second-order valence-electron chi connectivity index (χ2n) is 3.21. The van der Waals surface area contributed by atoms with Gasteiger partial charge in [-0.05, 0) is 27.7 Å². The molecular formula is C6H16ClFO6P2. The molecule has 0 saturated carbocycles. The van der Waals surface area contributed by atoms with E-state index in [1.54, 1.807) is 27.7 Å². The fourth-order valence-electron chi connectivity index (χ4n) is 0.528. The lowest BCUT2D eigenvalue weighted by Crippen LogP contribution is -2.04. The molecule has 0 aliphatic carbocycles. The third-order valence-corrected chi connectivity index (χ3v) is 2.02. The van der Waals surface area contributed by atoms with Crippen LogP contribution in [0.5, 0.6) is 0 Å². The van der Waals surface area contributed by atoms with Crippen molar-refractivity contribution in [1.82, 2.24) is 0 Å². The zero-order valence-corrected chi connectivity index (χ0v) is 11.9. The number of hydrogen-bond acceptors (Lipinski definition) is 4. The van der Waals surface area contributed by atoms with Gasteiger partial charge in [-0.3, -0.25) is 9.05 Å². The summed E-state index contributed by atoms with van der Waals surface area (Å²) in [7, 11) is -4.30. The van der Waals surface area contributed by atoms with Crippen LogP contribution in [0.2, 0.25) is 0 Å². The van der Waals surface area contributed by atoms with Gasteiger partial charge in [0.25, 0.3) is 0 Å². The summed E-state index contributed by atoms with van der Waals surface area (Å²) in [5.41, 5.74) is 0. The largest absolute Gasteiger partial charge is 0.513 e. The normalized spacial score (nSPS) is 12.6. The van der Waals surface area contributed by atoms with Gasteiger partial charge in [-0.15, -0.1) is 4.20 Å². The van der Waals surface area contributed by atoms with E-state index in [0.29, 0.717) is 0 Å². The van der Waals surface area contributed by atoms with Crippen molar-refractivity contribution < 1.29 is 32.2 Å². The van der Waals surface area contributed by atoms with Crippen molar-refractivity contribution in [2.75, 3.05) is 0 Å². The van der Waals surface area contributed by atoms with Crippen LogP contribution < -0.4 is 0 Å². The van der Waals surface area contributed by atoms with E-state index in [4.69, 9.17) is 14.4 Å². The van der Waals surface area contributed by atoms with E-state index in [0.717, 1.165) is 0 Å². The molecule has 0 aromatic rings. The maximum Gasteiger partial charge on any atom is 0.513 e. The van der Waals surface area contributed by atoms with Gasteiger partial charge >= 0.3 is 14.9 Å². The number of halogens is 2. The highest BCUT2D eigenvalue weighted by Gasteiger charge is 2.26. The maximum atomic E-state index is 12.7. The molecule has 6 nitrogen and oxygen atoms in total. The summed E-state index contributed by atoms with van der Waals surface area (Å²) in [6.07, 6.45) is -0.853. The Labute approximate surface area is 98.7 Å². The minimum Gasteiger partial charge on any atom is -0.313 e. The topological polar surface area (TPSA) is 93.1 Å². The van der Waals surface area contributed by atoms with Crippen LogP contribution in [0.1, 0.15) is 27.7 Å². The Morgan fingerprint density at radius 3 is 1.38 bits per heavy atom. The van der Waals surface area contributed by atoms with Crippen molar-refractivity contribution >= 4 is 26.1 Å². The Morgan fingerprint density at radius 1 is 1.06 bits per heavy atom. The molecule has 0 aromatic heterocycles. The highest BCUT2D eigenvalue weighted by Crippen LogP contribution is 2.51. The Kier molecular flexibility index (Phi) is 9.17. The summed E-state index contributed by atoms with van der Waals surface area (Å²) in [6, 6.07) is 0. The van der Waals surface area contributed by atoms with E-state index in [1.807, 2.05) is 0 Å². The van der Waals surface area contributed by atoms with E-state index in [9.17, 15) is 8.76 Å². The minimum absolute atomic E-state index is 0.426. The fourth-order valence-corrected chi connectivity index (χ4v) is 1.59. The number of hydrogen-bond donors (Lipinski definition) is 2. The lowest BCUT2D eigenvalue weighted by Gasteiger charge is -2.14. The van der Waals surface area contributed by atoms with E-state index in [1.165, 1.54) is 0 Å². The summed E-state index contributed by atoms with van der Waals surface area (Å²) in [5, 5.41) is 0. The second-order valence-corrected chi connectivity index (χ2v) is 6.76. The van der Waals surface area contributed by atoms with Crippen molar-refractivity contribution in [2.24, 2.45) is 0 Å². The van der Waals surface area contributed by atoms with Crippen molar-refractivity contribution in [1.29, 1.82) is 0 Å². The maximum absolute atomic E-state index is 12.7. The summed E-state index contributed by atoms with van der Waals surface area (Å²) in [6.45, 7) is 2.21. The third-order valence-electron chi connectivity index (χ3n) is 0.673. The first kappa shape index (κ1) is 18.9. The average Bonchev–Trinajstić information content (AvgIpc) is 1.72. The highest BCUT2D eigenvalue weighted by atomic mass is 35.7. The van der Waals surface area contributed by atoms with Crippen LogP contribution in [0, 0.1) is 0 Å². The zero-order chi connectivity index (χ0) is 13.6. The molecule has 0 fully saturated rings. The van der Waals surface area contributed by atoms with Crippen LogP contribution in [0.15, 0.2) is 0 Å². The molecule has 16 heavy (non-hydrogen) atoms. The van der Waals surface area contributed by atoms with Gasteiger partial charge in [-0.1, -0.05) is 0 Å². The van der Waals surface area contributed by atoms with Crippen LogP contribution >= 0.6 is 26.1 Å². The van der Waals surface area contributed by atoms with Gasteiger partial charge in [0.2, 0.25) is 0 Å². The molecule has 0 saturated heterocycles. The first-order valence-corrected chi connectivity index (χ1v) is 8.20. The van der Waals surface area contributed by atoms with Crippen molar-refractivity contribution in [3.8, 4) is 0 Å². The van der Waals surface area contributed by atoms with Crippen molar-refractivity contribution in [2.45, 2.75) is 39.9 Å². The Balaban J connectivity index is 0.